The highest BCUT2D eigenvalue weighted by molar-refractivity contribution is 5.78. The van der Waals surface area contributed by atoms with Crippen LogP contribution in [0.15, 0.2) is 24.3 Å². The molecule has 0 spiro atoms. The Hall–Kier alpha value is -1.35. The molecule has 1 saturated carbocycles. The number of carbonyl (C=O) groups excluding carboxylic acids is 1. The average Bonchev–Trinajstić information content (AvgIpc) is 3.21. The molecule has 18 heavy (non-hydrogen) atoms. The molecule has 0 aromatic heterocycles. The Morgan fingerprint density at radius 3 is 2.61 bits per heavy atom. The highest BCUT2D eigenvalue weighted by Crippen LogP contribution is 2.18. The molecular formula is C15H21NO2. The number of rotatable bonds is 8. The lowest BCUT2D eigenvalue weighted by molar-refractivity contribution is -0.118. The summed E-state index contributed by atoms with van der Waals surface area (Å²) >= 11 is 0. The van der Waals surface area contributed by atoms with Gasteiger partial charge in [-0.1, -0.05) is 12.1 Å². The van der Waals surface area contributed by atoms with Gasteiger partial charge in [0.2, 0.25) is 0 Å². The SMILES string of the molecule is COc1ccc(CCC(=O)CCNC2CC2)cc1. The Balaban J connectivity index is 1.64. The van der Waals surface area contributed by atoms with Crippen molar-refractivity contribution in [3.05, 3.63) is 29.8 Å². The maximum Gasteiger partial charge on any atom is 0.134 e. The van der Waals surface area contributed by atoms with E-state index in [0.717, 1.165) is 18.7 Å². The van der Waals surface area contributed by atoms with E-state index in [2.05, 4.69) is 5.32 Å². The van der Waals surface area contributed by atoms with Gasteiger partial charge in [0, 0.05) is 25.4 Å². The molecule has 1 aliphatic rings. The molecule has 2 rings (SSSR count). The molecule has 1 N–H and O–H groups in total. The minimum atomic E-state index is 0.346. The van der Waals surface area contributed by atoms with Crippen molar-refractivity contribution in [3.63, 3.8) is 0 Å². The topological polar surface area (TPSA) is 38.3 Å². The van der Waals surface area contributed by atoms with Crippen LogP contribution < -0.4 is 10.1 Å². The van der Waals surface area contributed by atoms with Crippen molar-refractivity contribution in [3.8, 4) is 5.75 Å². The smallest absolute Gasteiger partial charge is 0.134 e. The molecule has 1 aromatic rings. The second-order valence-corrected chi connectivity index (χ2v) is 4.87. The predicted molar refractivity (Wildman–Crippen MR) is 72.0 cm³/mol. The van der Waals surface area contributed by atoms with E-state index in [9.17, 15) is 4.79 Å². The van der Waals surface area contributed by atoms with Gasteiger partial charge in [-0.3, -0.25) is 4.79 Å². The van der Waals surface area contributed by atoms with Crippen molar-refractivity contribution >= 4 is 5.78 Å². The number of hydrogen-bond donors (Lipinski definition) is 1. The molecule has 0 atom stereocenters. The Morgan fingerprint density at radius 2 is 2.00 bits per heavy atom. The van der Waals surface area contributed by atoms with E-state index >= 15 is 0 Å². The van der Waals surface area contributed by atoms with E-state index in [0.29, 0.717) is 24.7 Å². The maximum atomic E-state index is 11.7. The molecule has 1 aliphatic carbocycles. The molecule has 1 aromatic carbocycles. The van der Waals surface area contributed by atoms with Gasteiger partial charge in [0.15, 0.2) is 0 Å². The summed E-state index contributed by atoms with van der Waals surface area (Å²) in [5.74, 6) is 1.21. The van der Waals surface area contributed by atoms with Crippen LogP contribution in [0.4, 0.5) is 0 Å². The minimum Gasteiger partial charge on any atom is -0.497 e. The Labute approximate surface area is 109 Å². The van der Waals surface area contributed by atoms with Crippen LogP contribution in [0.25, 0.3) is 0 Å². The zero-order valence-corrected chi connectivity index (χ0v) is 10.9. The third kappa shape index (κ3) is 4.49. The van der Waals surface area contributed by atoms with Gasteiger partial charge in [0.1, 0.15) is 11.5 Å². The average molecular weight is 247 g/mol. The van der Waals surface area contributed by atoms with Crippen LogP contribution in [-0.2, 0) is 11.2 Å². The van der Waals surface area contributed by atoms with Crippen LogP contribution in [0.1, 0.15) is 31.2 Å². The molecule has 98 valence electrons. The van der Waals surface area contributed by atoms with Crippen LogP contribution >= 0.6 is 0 Å². The number of nitrogens with one attached hydrogen (secondary N) is 1. The third-order valence-electron chi connectivity index (χ3n) is 3.27. The lowest BCUT2D eigenvalue weighted by atomic mass is 10.1. The number of ether oxygens (including phenoxy) is 1. The van der Waals surface area contributed by atoms with Gasteiger partial charge in [-0.2, -0.15) is 0 Å². The number of aryl methyl sites for hydroxylation is 1. The monoisotopic (exact) mass is 247 g/mol. The second kappa shape index (κ2) is 6.55. The van der Waals surface area contributed by atoms with E-state index in [1.165, 1.54) is 18.4 Å². The first-order chi connectivity index (χ1) is 8.78. The molecule has 0 unspecified atom stereocenters. The molecule has 0 saturated heterocycles. The van der Waals surface area contributed by atoms with Crippen molar-refractivity contribution in [2.45, 2.75) is 38.1 Å². The van der Waals surface area contributed by atoms with E-state index in [-0.39, 0.29) is 0 Å². The number of benzene rings is 1. The van der Waals surface area contributed by atoms with Crippen molar-refractivity contribution in [2.75, 3.05) is 13.7 Å². The number of hydrogen-bond acceptors (Lipinski definition) is 3. The molecule has 0 aliphatic heterocycles. The normalized spacial score (nSPS) is 14.5. The van der Waals surface area contributed by atoms with E-state index in [1.54, 1.807) is 7.11 Å². The van der Waals surface area contributed by atoms with Gasteiger partial charge in [0.05, 0.1) is 7.11 Å². The van der Waals surface area contributed by atoms with Crippen molar-refractivity contribution in [1.82, 2.24) is 5.32 Å². The second-order valence-electron chi connectivity index (χ2n) is 4.87. The summed E-state index contributed by atoms with van der Waals surface area (Å²) < 4.78 is 5.10. The summed E-state index contributed by atoms with van der Waals surface area (Å²) in [6, 6.07) is 8.62. The third-order valence-corrected chi connectivity index (χ3v) is 3.27. The molecule has 3 nitrogen and oxygen atoms in total. The molecule has 0 bridgehead atoms. The first kappa shape index (κ1) is 13.1. The van der Waals surface area contributed by atoms with Crippen molar-refractivity contribution in [1.29, 1.82) is 0 Å². The maximum absolute atomic E-state index is 11.7. The van der Waals surface area contributed by atoms with Crippen LogP contribution in [0.2, 0.25) is 0 Å². The molecule has 0 heterocycles. The molecular weight excluding hydrogens is 226 g/mol. The first-order valence-corrected chi connectivity index (χ1v) is 6.66. The molecule has 1 fully saturated rings. The van der Waals surface area contributed by atoms with Gasteiger partial charge in [-0.05, 0) is 37.0 Å². The van der Waals surface area contributed by atoms with Crippen LogP contribution in [0, 0.1) is 0 Å². The minimum absolute atomic E-state index is 0.346. The Kier molecular flexibility index (Phi) is 4.76. The summed E-state index contributed by atoms with van der Waals surface area (Å²) in [6.45, 7) is 0.839. The number of ketones is 1. The highest BCUT2D eigenvalue weighted by atomic mass is 16.5. The van der Waals surface area contributed by atoms with Gasteiger partial charge >= 0.3 is 0 Å². The van der Waals surface area contributed by atoms with Gasteiger partial charge in [-0.15, -0.1) is 0 Å². The fourth-order valence-electron chi connectivity index (χ4n) is 1.90. The summed E-state index contributed by atoms with van der Waals surface area (Å²) in [6.07, 6.45) is 4.68. The predicted octanol–water partition coefficient (Wildman–Crippen LogP) is 2.34. The van der Waals surface area contributed by atoms with E-state index in [1.807, 2.05) is 24.3 Å². The van der Waals surface area contributed by atoms with Gasteiger partial charge < -0.3 is 10.1 Å². The number of carbonyl (C=O) groups is 1. The van der Waals surface area contributed by atoms with E-state index < -0.39 is 0 Å². The van der Waals surface area contributed by atoms with Crippen molar-refractivity contribution in [2.24, 2.45) is 0 Å². The van der Waals surface area contributed by atoms with E-state index in [4.69, 9.17) is 4.74 Å². The van der Waals surface area contributed by atoms with Crippen LogP contribution in [-0.4, -0.2) is 25.5 Å². The molecule has 0 radical (unpaired) electrons. The number of Topliss-reactive ketones (excluding diaryl/α,β-unsaturated/α-hetero) is 1. The largest absolute Gasteiger partial charge is 0.497 e. The standard InChI is InChI=1S/C15H21NO2/c1-18-15-8-3-12(4-9-15)2-7-14(17)10-11-16-13-5-6-13/h3-4,8-9,13,16H,2,5-7,10-11H2,1H3. The van der Waals surface area contributed by atoms with Crippen LogP contribution in [0.3, 0.4) is 0 Å². The van der Waals surface area contributed by atoms with Crippen LogP contribution in [0.5, 0.6) is 5.75 Å². The Morgan fingerprint density at radius 1 is 1.28 bits per heavy atom. The molecule has 0 amide bonds. The Bertz CT molecular complexity index is 382. The number of methoxy groups -OCH3 is 1. The fraction of sp³-hybridized carbons (Fsp3) is 0.533. The lowest BCUT2D eigenvalue weighted by Gasteiger charge is -2.04. The van der Waals surface area contributed by atoms with Crippen molar-refractivity contribution < 1.29 is 9.53 Å². The van der Waals surface area contributed by atoms with Gasteiger partial charge in [0.25, 0.3) is 0 Å². The molecule has 3 heteroatoms. The fourth-order valence-corrected chi connectivity index (χ4v) is 1.90. The quantitative estimate of drug-likeness (QED) is 0.766. The zero-order valence-electron chi connectivity index (χ0n) is 10.9. The first-order valence-electron chi connectivity index (χ1n) is 6.66. The summed E-state index contributed by atoms with van der Waals surface area (Å²) in [7, 11) is 1.66. The zero-order chi connectivity index (χ0) is 12.8. The summed E-state index contributed by atoms with van der Waals surface area (Å²) in [5.41, 5.74) is 1.19. The summed E-state index contributed by atoms with van der Waals surface area (Å²) in [5, 5.41) is 3.36. The van der Waals surface area contributed by atoms with Gasteiger partial charge in [-0.25, -0.2) is 0 Å². The lowest BCUT2D eigenvalue weighted by Crippen LogP contribution is -2.20. The highest BCUT2D eigenvalue weighted by Gasteiger charge is 2.19. The summed E-state index contributed by atoms with van der Waals surface area (Å²) in [4.78, 5) is 11.7.